The Morgan fingerprint density at radius 3 is 2.48 bits per heavy atom. The van der Waals surface area contributed by atoms with Crippen LogP contribution in [-0.2, 0) is 0 Å². The van der Waals surface area contributed by atoms with E-state index in [4.69, 9.17) is 23.2 Å². The van der Waals surface area contributed by atoms with Gasteiger partial charge in [-0.1, -0.05) is 36.2 Å². The third-order valence-electron chi connectivity index (χ3n) is 4.34. The molecule has 0 aliphatic carbocycles. The third-order valence-corrected chi connectivity index (χ3v) is 4.97. The smallest absolute Gasteiger partial charge is 0.272 e. The number of carbonyl (C=O) groups excluding carboxylic acids is 1. The van der Waals surface area contributed by atoms with Gasteiger partial charge in [0.2, 0.25) is 5.95 Å². The Morgan fingerprint density at radius 2 is 1.84 bits per heavy atom. The van der Waals surface area contributed by atoms with Crippen LogP contribution in [0.5, 0.6) is 0 Å². The number of anilines is 2. The number of nitrogens with zero attached hydrogens (tertiary/aromatic N) is 3. The average Bonchev–Trinajstić information content (AvgIpc) is 2.58. The number of hydrogen-bond acceptors (Lipinski definition) is 4. The van der Waals surface area contributed by atoms with Gasteiger partial charge in [-0.25, -0.2) is 9.97 Å². The van der Waals surface area contributed by atoms with Crippen LogP contribution in [0.1, 0.15) is 35.9 Å². The molecule has 1 saturated heterocycles. The first-order valence-corrected chi connectivity index (χ1v) is 9.05. The van der Waals surface area contributed by atoms with Crippen molar-refractivity contribution >= 4 is 40.7 Å². The second kappa shape index (κ2) is 7.58. The molecule has 1 aromatic carbocycles. The van der Waals surface area contributed by atoms with E-state index in [1.807, 2.05) is 11.8 Å². The Labute approximate surface area is 157 Å². The van der Waals surface area contributed by atoms with Crippen LogP contribution >= 0.6 is 23.2 Å². The molecule has 1 aromatic heterocycles. The predicted octanol–water partition coefficient (Wildman–Crippen LogP) is 4.71. The number of benzene rings is 1. The van der Waals surface area contributed by atoms with Crippen LogP contribution in [0.15, 0.2) is 24.3 Å². The van der Waals surface area contributed by atoms with Crippen LogP contribution in [-0.4, -0.2) is 33.9 Å². The normalized spacial score (nSPS) is 15.3. The SMILES string of the molecule is Cc1cc(C(=O)N2CCC(C)CC2)nc(Nc2c(Cl)cccc2Cl)n1. The molecule has 0 unspecified atom stereocenters. The Bertz CT molecular complexity index is 768. The minimum Gasteiger partial charge on any atom is -0.337 e. The molecule has 0 atom stereocenters. The standard InChI is InChI=1S/C18H20Cl2N4O/c1-11-6-8-24(9-7-11)17(25)15-10-12(2)21-18(22-15)23-16-13(19)4-3-5-14(16)20/h3-5,10-11H,6-9H2,1-2H3,(H,21,22,23). The maximum atomic E-state index is 12.8. The summed E-state index contributed by atoms with van der Waals surface area (Å²) in [5.74, 6) is 0.908. The molecule has 1 N–H and O–H groups in total. The first-order chi connectivity index (χ1) is 11.9. The van der Waals surface area contributed by atoms with Crippen molar-refractivity contribution in [3.05, 3.63) is 45.7 Å². The van der Waals surface area contributed by atoms with E-state index in [0.717, 1.165) is 25.9 Å². The van der Waals surface area contributed by atoms with E-state index in [2.05, 4.69) is 22.2 Å². The molecule has 3 rings (SSSR count). The number of likely N-dealkylation sites (tertiary alicyclic amines) is 1. The van der Waals surface area contributed by atoms with Gasteiger partial charge in [0.1, 0.15) is 5.69 Å². The van der Waals surface area contributed by atoms with E-state index in [9.17, 15) is 4.79 Å². The molecule has 132 valence electrons. The molecule has 2 aromatic rings. The highest BCUT2D eigenvalue weighted by Gasteiger charge is 2.23. The second-order valence-corrected chi connectivity index (χ2v) is 7.23. The number of carbonyl (C=O) groups is 1. The molecule has 1 amide bonds. The van der Waals surface area contributed by atoms with Crippen molar-refractivity contribution < 1.29 is 4.79 Å². The van der Waals surface area contributed by atoms with Crippen molar-refractivity contribution in [1.29, 1.82) is 0 Å². The molecular formula is C18H20Cl2N4O. The van der Waals surface area contributed by atoms with Crippen molar-refractivity contribution in [3.63, 3.8) is 0 Å². The van der Waals surface area contributed by atoms with Gasteiger partial charge in [0, 0.05) is 18.8 Å². The van der Waals surface area contributed by atoms with Crippen molar-refractivity contribution in [2.45, 2.75) is 26.7 Å². The highest BCUT2D eigenvalue weighted by Crippen LogP contribution is 2.31. The van der Waals surface area contributed by atoms with Crippen LogP contribution < -0.4 is 5.32 Å². The molecule has 0 radical (unpaired) electrons. The Balaban J connectivity index is 1.84. The molecular weight excluding hydrogens is 359 g/mol. The van der Waals surface area contributed by atoms with Gasteiger partial charge in [-0.15, -0.1) is 0 Å². The van der Waals surface area contributed by atoms with Crippen molar-refractivity contribution in [3.8, 4) is 0 Å². The Morgan fingerprint density at radius 1 is 1.20 bits per heavy atom. The van der Waals surface area contributed by atoms with E-state index >= 15 is 0 Å². The maximum absolute atomic E-state index is 12.8. The fourth-order valence-corrected chi connectivity index (χ4v) is 3.33. The summed E-state index contributed by atoms with van der Waals surface area (Å²) < 4.78 is 0. The monoisotopic (exact) mass is 378 g/mol. The summed E-state index contributed by atoms with van der Waals surface area (Å²) in [4.78, 5) is 23.3. The number of aryl methyl sites for hydroxylation is 1. The molecule has 0 bridgehead atoms. The molecule has 1 aliphatic heterocycles. The summed E-state index contributed by atoms with van der Waals surface area (Å²) in [6, 6.07) is 6.93. The summed E-state index contributed by atoms with van der Waals surface area (Å²) in [5, 5.41) is 3.97. The summed E-state index contributed by atoms with van der Waals surface area (Å²) in [5.41, 5.74) is 1.61. The van der Waals surface area contributed by atoms with Gasteiger partial charge in [0.05, 0.1) is 15.7 Å². The van der Waals surface area contributed by atoms with Crippen LogP contribution in [0.3, 0.4) is 0 Å². The van der Waals surface area contributed by atoms with Gasteiger partial charge in [-0.2, -0.15) is 0 Å². The summed E-state index contributed by atoms with van der Waals surface area (Å²) in [6.45, 7) is 5.58. The lowest BCUT2D eigenvalue weighted by molar-refractivity contribution is 0.0691. The van der Waals surface area contributed by atoms with Gasteiger partial charge in [0.15, 0.2) is 0 Å². The highest BCUT2D eigenvalue weighted by atomic mass is 35.5. The molecule has 5 nitrogen and oxygen atoms in total. The Hall–Kier alpha value is -1.85. The van der Waals surface area contributed by atoms with E-state index < -0.39 is 0 Å². The van der Waals surface area contributed by atoms with Gasteiger partial charge >= 0.3 is 0 Å². The van der Waals surface area contributed by atoms with E-state index in [0.29, 0.717) is 39.0 Å². The minimum atomic E-state index is -0.0642. The second-order valence-electron chi connectivity index (χ2n) is 6.41. The zero-order valence-corrected chi connectivity index (χ0v) is 15.7. The fraction of sp³-hybridized carbons (Fsp3) is 0.389. The van der Waals surface area contributed by atoms with Gasteiger partial charge in [-0.3, -0.25) is 4.79 Å². The van der Waals surface area contributed by atoms with Gasteiger partial charge in [0.25, 0.3) is 5.91 Å². The summed E-state index contributed by atoms with van der Waals surface area (Å²) in [7, 11) is 0. The van der Waals surface area contributed by atoms with E-state index in [-0.39, 0.29) is 5.91 Å². The lowest BCUT2D eigenvalue weighted by Crippen LogP contribution is -2.38. The third kappa shape index (κ3) is 4.22. The number of amides is 1. The zero-order valence-electron chi connectivity index (χ0n) is 14.2. The van der Waals surface area contributed by atoms with Crippen molar-refractivity contribution in [2.24, 2.45) is 5.92 Å². The molecule has 25 heavy (non-hydrogen) atoms. The molecule has 1 fully saturated rings. The zero-order chi connectivity index (χ0) is 18.0. The fourth-order valence-electron chi connectivity index (χ4n) is 2.84. The molecule has 0 spiro atoms. The van der Waals surface area contributed by atoms with E-state index in [1.165, 1.54) is 0 Å². The van der Waals surface area contributed by atoms with Crippen LogP contribution in [0, 0.1) is 12.8 Å². The number of nitrogens with one attached hydrogen (secondary N) is 1. The largest absolute Gasteiger partial charge is 0.337 e. The molecule has 2 heterocycles. The minimum absolute atomic E-state index is 0.0642. The van der Waals surface area contributed by atoms with Crippen LogP contribution in [0.4, 0.5) is 11.6 Å². The summed E-state index contributed by atoms with van der Waals surface area (Å²) in [6.07, 6.45) is 2.05. The topological polar surface area (TPSA) is 58.1 Å². The number of para-hydroxylation sites is 1. The van der Waals surface area contributed by atoms with E-state index in [1.54, 1.807) is 24.3 Å². The quantitative estimate of drug-likeness (QED) is 0.839. The number of halogens is 2. The highest BCUT2D eigenvalue weighted by molar-refractivity contribution is 6.39. The molecule has 0 saturated carbocycles. The predicted molar refractivity (Wildman–Crippen MR) is 101 cm³/mol. The number of piperidine rings is 1. The lowest BCUT2D eigenvalue weighted by Gasteiger charge is -2.30. The number of aromatic nitrogens is 2. The van der Waals surface area contributed by atoms with Gasteiger partial charge < -0.3 is 10.2 Å². The lowest BCUT2D eigenvalue weighted by atomic mass is 9.99. The van der Waals surface area contributed by atoms with Crippen LogP contribution in [0.2, 0.25) is 10.0 Å². The van der Waals surface area contributed by atoms with Crippen molar-refractivity contribution in [1.82, 2.24) is 14.9 Å². The van der Waals surface area contributed by atoms with Crippen molar-refractivity contribution in [2.75, 3.05) is 18.4 Å². The summed E-state index contributed by atoms with van der Waals surface area (Å²) >= 11 is 12.4. The molecule has 1 aliphatic rings. The number of hydrogen-bond donors (Lipinski definition) is 1. The Kier molecular flexibility index (Phi) is 5.45. The molecule has 7 heteroatoms. The number of rotatable bonds is 3. The average molecular weight is 379 g/mol. The van der Waals surface area contributed by atoms with Gasteiger partial charge in [-0.05, 0) is 43.9 Å². The first-order valence-electron chi connectivity index (χ1n) is 8.30. The first kappa shape index (κ1) is 18.0. The van der Waals surface area contributed by atoms with Crippen LogP contribution in [0.25, 0.3) is 0 Å². The maximum Gasteiger partial charge on any atom is 0.272 e.